The molecule has 1 aromatic heterocycles. The number of piperidine rings is 1. The first-order valence-electron chi connectivity index (χ1n) is 7.33. The van der Waals surface area contributed by atoms with Crippen LogP contribution in [0.4, 0.5) is 0 Å². The highest BCUT2D eigenvalue weighted by Gasteiger charge is 2.24. The Morgan fingerprint density at radius 3 is 2.74 bits per heavy atom. The molecule has 1 aliphatic heterocycles. The maximum absolute atomic E-state index is 12.5. The van der Waals surface area contributed by atoms with Gasteiger partial charge in [-0.2, -0.15) is 0 Å². The highest BCUT2D eigenvalue weighted by atomic mass is 32.1. The van der Waals surface area contributed by atoms with Crippen LogP contribution in [0.1, 0.15) is 52.2 Å². The standard InChI is InChI=1S/C15H21NO2S/c17-12-6-8-16(9-7-12)15(18)14-10-11-4-2-1-3-5-13(11)19-14/h10,12,17H,1-9H2. The molecule has 0 atom stereocenters. The molecule has 0 unspecified atom stereocenters. The number of fused-ring (bicyclic) bond motifs is 1. The van der Waals surface area contributed by atoms with Gasteiger partial charge in [-0.3, -0.25) is 4.79 Å². The van der Waals surface area contributed by atoms with Crippen LogP contribution in [-0.4, -0.2) is 35.1 Å². The van der Waals surface area contributed by atoms with Gasteiger partial charge in [0.05, 0.1) is 11.0 Å². The molecule has 1 saturated heterocycles. The zero-order chi connectivity index (χ0) is 13.2. The molecule has 0 bridgehead atoms. The summed E-state index contributed by atoms with van der Waals surface area (Å²) in [4.78, 5) is 16.7. The normalized spacial score (nSPS) is 21.0. The van der Waals surface area contributed by atoms with Crippen molar-refractivity contribution >= 4 is 17.2 Å². The van der Waals surface area contributed by atoms with Crippen LogP contribution in [0.15, 0.2) is 6.07 Å². The van der Waals surface area contributed by atoms with Crippen LogP contribution in [0.3, 0.4) is 0 Å². The number of aliphatic hydroxyl groups is 1. The van der Waals surface area contributed by atoms with Crippen molar-refractivity contribution < 1.29 is 9.90 Å². The van der Waals surface area contributed by atoms with E-state index in [0.717, 1.165) is 30.6 Å². The number of carbonyl (C=O) groups excluding carboxylic acids is 1. The number of carbonyl (C=O) groups is 1. The molecular weight excluding hydrogens is 258 g/mol. The summed E-state index contributed by atoms with van der Waals surface area (Å²) in [5.41, 5.74) is 1.41. The Morgan fingerprint density at radius 1 is 1.21 bits per heavy atom. The van der Waals surface area contributed by atoms with Gasteiger partial charge < -0.3 is 10.0 Å². The topological polar surface area (TPSA) is 40.5 Å². The van der Waals surface area contributed by atoms with E-state index in [2.05, 4.69) is 6.07 Å². The number of aliphatic hydroxyl groups excluding tert-OH is 1. The molecule has 19 heavy (non-hydrogen) atoms. The van der Waals surface area contributed by atoms with Crippen LogP contribution in [0.5, 0.6) is 0 Å². The number of rotatable bonds is 1. The van der Waals surface area contributed by atoms with E-state index in [9.17, 15) is 9.90 Å². The smallest absolute Gasteiger partial charge is 0.263 e. The first kappa shape index (κ1) is 13.1. The molecule has 1 amide bonds. The van der Waals surface area contributed by atoms with Crippen LogP contribution in [0.25, 0.3) is 0 Å². The second-order valence-electron chi connectivity index (χ2n) is 5.64. The molecule has 3 rings (SSSR count). The maximum Gasteiger partial charge on any atom is 0.263 e. The minimum absolute atomic E-state index is 0.171. The van der Waals surface area contributed by atoms with Gasteiger partial charge in [0.2, 0.25) is 0 Å². The lowest BCUT2D eigenvalue weighted by atomic mass is 10.1. The molecule has 1 N–H and O–H groups in total. The quantitative estimate of drug-likeness (QED) is 0.803. The van der Waals surface area contributed by atoms with Crippen molar-refractivity contribution in [1.29, 1.82) is 0 Å². The largest absolute Gasteiger partial charge is 0.393 e. The van der Waals surface area contributed by atoms with Crippen molar-refractivity contribution in [3.63, 3.8) is 0 Å². The molecule has 3 nitrogen and oxygen atoms in total. The fraction of sp³-hybridized carbons (Fsp3) is 0.667. The van der Waals surface area contributed by atoms with Crippen LogP contribution >= 0.6 is 11.3 Å². The van der Waals surface area contributed by atoms with Crippen LogP contribution in [0, 0.1) is 0 Å². The molecule has 0 aromatic carbocycles. The number of likely N-dealkylation sites (tertiary alicyclic amines) is 1. The third kappa shape index (κ3) is 2.84. The summed E-state index contributed by atoms with van der Waals surface area (Å²) in [5.74, 6) is 0.171. The van der Waals surface area contributed by atoms with Gasteiger partial charge in [0, 0.05) is 18.0 Å². The van der Waals surface area contributed by atoms with E-state index in [4.69, 9.17) is 0 Å². The van der Waals surface area contributed by atoms with Gasteiger partial charge in [-0.15, -0.1) is 11.3 Å². The summed E-state index contributed by atoms with van der Waals surface area (Å²) in [6.45, 7) is 1.39. The molecular formula is C15H21NO2S. The van der Waals surface area contributed by atoms with Crippen molar-refractivity contribution in [2.45, 2.75) is 51.0 Å². The van der Waals surface area contributed by atoms with Crippen LogP contribution in [-0.2, 0) is 12.8 Å². The summed E-state index contributed by atoms with van der Waals surface area (Å²) in [7, 11) is 0. The predicted molar refractivity (Wildman–Crippen MR) is 76.7 cm³/mol. The lowest BCUT2D eigenvalue weighted by molar-refractivity contribution is 0.0550. The number of thiophene rings is 1. The van der Waals surface area contributed by atoms with Crippen molar-refractivity contribution in [3.05, 3.63) is 21.4 Å². The van der Waals surface area contributed by atoms with E-state index in [1.807, 2.05) is 4.90 Å². The maximum atomic E-state index is 12.5. The SMILES string of the molecule is O=C(c1cc2c(s1)CCCCC2)N1CCC(O)CC1. The van der Waals surface area contributed by atoms with Gasteiger partial charge in [-0.05, 0) is 50.2 Å². The molecule has 1 aliphatic carbocycles. The van der Waals surface area contributed by atoms with Gasteiger partial charge in [-0.1, -0.05) is 6.42 Å². The summed E-state index contributed by atoms with van der Waals surface area (Å²) in [6, 6.07) is 2.12. The molecule has 2 heterocycles. The lowest BCUT2D eigenvalue weighted by Gasteiger charge is -2.29. The average Bonchev–Trinajstić information content (AvgIpc) is 2.70. The van der Waals surface area contributed by atoms with Gasteiger partial charge in [0.15, 0.2) is 0 Å². The highest BCUT2D eigenvalue weighted by molar-refractivity contribution is 7.14. The van der Waals surface area contributed by atoms with Gasteiger partial charge in [-0.25, -0.2) is 0 Å². The van der Waals surface area contributed by atoms with Crippen LogP contribution in [0.2, 0.25) is 0 Å². The Labute approximate surface area is 118 Å². The summed E-state index contributed by atoms with van der Waals surface area (Å²) >= 11 is 1.70. The first-order valence-corrected chi connectivity index (χ1v) is 8.14. The minimum Gasteiger partial charge on any atom is -0.393 e. The molecule has 2 aliphatic rings. The molecule has 0 saturated carbocycles. The number of amides is 1. The zero-order valence-corrected chi connectivity index (χ0v) is 12.0. The molecule has 1 aromatic rings. The summed E-state index contributed by atoms with van der Waals surface area (Å²) in [5, 5.41) is 9.51. The molecule has 4 heteroatoms. The Morgan fingerprint density at radius 2 is 1.95 bits per heavy atom. The minimum atomic E-state index is -0.218. The second kappa shape index (κ2) is 5.63. The van der Waals surface area contributed by atoms with E-state index in [1.54, 1.807) is 11.3 Å². The van der Waals surface area contributed by atoms with Crippen molar-refractivity contribution in [1.82, 2.24) is 4.90 Å². The number of hydrogen-bond donors (Lipinski definition) is 1. The van der Waals surface area contributed by atoms with E-state index in [0.29, 0.717) is 13.1 Å². The second-order valence-corrected chi connectivity index (χ2v) is 6.78. The van der Waals surface area contributed by atoms with Crippen molar-refractivity contribution in [2.24, 2.45) is 0 Å². The van der Waals surface area contributed by atoms with Gasteiger partial charge in [0.25, 0.3) is 5.91 Å². The predicted octanol–water partition coefficient (Wildman–Crippen LogP) is 2.61. The first-order chi connectivity index (χ1) is 9.24. The number of nitrogens with zero attached hydrogens (tertiary/aromatic N) is 1. The van der Waals surface area contributed by atoms with E-state index < -0.39 is 0 Å². The lowest BCUT2D eigenvalue weighted by Crippen LogP contribution is -2.39. The van der Waals surface area contributed by atoms with E-state index >= 15 is 0 Å². The van der Waals surface area contributed by atoms with E-state index in [-0.39, 0.29) is 12.0 Å². The summed E-state index contributed by atoms with van der Waals surface area (Å²) in [6.07, 6.45) is 7.33. The van der Waals surface area contributed by atoms with Crippen molar-refractivity contribution in [2.75, 3.05) is 13.1 Å². The van der Waals surface area contributed by atoms with Gasteiger partial charge in [0.1, 0.15) is 0 Å². The Bertz CT molecular complexity index is 437. The fourth-order valence-corrected chi connectivity index (χ4v) is 4.22. The Balaban J connectivity index is 1.73. The van der Waals surface area contributed by atoms with Crippen molar-refractivity contribution in [3.8, 4) is 0 Å². The average molecular weight is 279 g/mol. The fourth-order valence-electron chi connectivity index (χ4n) is 3.00. The number of aryl methyl sites for hydroxylation is 2. The highest BCUT2D eigenvalue weighted by Crippen LogP contribution is 2.30. The molecule has 1 fully saturated rings. The zero-order valence-electron chi connectivity index (χ0n) is 11.2. The third-order valence-corrected chi connectivity index (χ3v) is 5.43. The van der Waals surface area contributed by atoms with Crippen LogP contribution < -0.4 is 0 Å². The number of hydrogen-bond acceptors (Lipinski definition) is 3. The van der Waals surface area contributed by atoms with E-state index in [1.165, 1.54) is 29.7 Å². The molecule has 0 spiro atoms. The molecule has 104 valence electrons. The molecule has 0 radical (unpaired) electrons. The monoisotopic (exact) mass is 279 g/mol. The van der Waals surface area contributed by atoms with Gasteiger partial charge >= 0.3 is 0 Å². The Hall–Kier alpha value is -0.870. The third-order valence-electron chi connectivity index (χ3n) is 4.21. The summed E-state index contributed by atoms with van der Waals surface area (Å²) < 4.78 is 0. The Kier molecular flexibility index (Phi) is 3.89.